The molecule has 1 fully saturated rings. The van der Waals surface area contributed by atoms with E-state index in [0.29, 0.717) is 0 Å². The lowest BCUT2D eigenvalue weighted by atomic mass is 10.1. The Kier molecular flexibility index (Phi) is 3.65. The molecule has 0 amide bonds. The molecule has 0 aromatic carbocycles. The van der Waals surface area contributed by atoms with Crippen LogP contribution in [-0.4, -0.2) is 0 Å². The minimum absolute atomic E-state index is 0.991. The van der Waals surface area contributed by atoms with E-state index < -0.39 is 0 Å². The van der Waals surface area contributed by atoms with E-state index in [1.54, 1.807) is 0 Å². The number of allylic oxidation sites excluding steroid dienone is 2. The molecular weight excluding hydrogens is 148 g/mol. The van der Waals surface area contributed by atoms with Gasteiger partial charge in [-0.3, -0.25) is 0 Å². The molecule has 0 aromatic rings. The Labute approximate surface area is 74.4 Å². The van der Waals surface area contributed by atoms with Crippen LogP contribution in [0.3, 0.4) is 0 Å². The largest absolute Gasteiger partial charge is 0.474 e. The first-order valence-electron chi connectivity index (χ1n) is 4.42. The second kappa shape index (κ2) is 4.81. The molecule has 2 aliphatic rings. The smallest absolute Gasteiger partial charge is 0.0829 e. The van der Waals surface area contributed by atoms with Crippen LogP contribution >= 0.6 is 0 Å². The molecular formula is C11H16O. The highest BCUT2D eigenvalue weighted by molar-refractivity contribution is 5.06. The van der Waals surface area contributed by atoms with Crippen molar-refractivity contribution in [3.8, 4) is 0 Å². The summed E-state index contributed by atoms with van der Waals surface area (Å²) in [7, 11) is 0. The van der Waals surface area contributed by atoms with Crippen molar-refractivity contribution in [1.82, 2.24) is 0 Å². The van der Waals surface area contributed by atoms with E-state index in [1.807, 2.05) is 0 Å². The number of hydrogen-bond donors (Lipinski definition) is 0. The van der Waals surface area contributed by atoms with Crippen LogP contribution in [0.4, 0.5) is 0 Å². The maximum Gasteiger partial charge on any atom is 0.0829 e. The molecule has 2 bridgehead atoms. The van der Waals surface area contributed by atoms with E-state index in [-0.39, 0.29) is 0 Å². The van der Waals surface area contributed by atoms with Crippen molar-refractivity contribution < 1.29 is 4.74 Å². The zero-order valence-corrected chi connectivity index (χ0v) is 7.41. The third-order valence-electron chi connectivity index (χ3n) is 2.36. The SMILES string of the molecule is C1=CC2CCC1C2.C=COC=C. The zero-order chi connectivity index (χ0) is 8.81. The molecule has 0 aromatic heterocycles. The molecule has 1 saturated carbocycles. The van der Waals surface area contributed by atoms with Crippen molar-refractivity contribution in [2.45, 2.75) is 19.3 Å². The number of fused-ring (bicyclic) bond motifs is 2. The van der Waals surface area contributed by atoms with Crippen molar-refractivity contribution >= 4 is 0 Å². The maximum absolute atomic E-state index is 4.36. The second-order valence-corrected chi connectivity index (χ2v) is 3.19. The summed E-state index contributed by atoms with van der Waals surface area (Å²) in [6, 6.07) is 0. The van der Waals surface area contributed by atoms with Gasteiger partial charge in [-0.05, 0) is 31.1 Å². The highest BCUT2D eigenvalue weighted by Crippen LogP contribution is 2.38. The Morgan fingerprint density at radius 2 is 1.58 bits per heavy atom. The molecule has 2 atom stereocenters. The van der Waals surface area contributed by atoms with Gasteiger partial charge < -0.3 is 4.74 Å². The molecule has 0 saturated heterocycles. The van der Waals surface area contributed by atoms with Gasteiger partial charge in [0.1, 0.15) is 0 Å². The summed E-state index contributed by atoms with van der Waals surface area (Å²) < 4.78 is 4.36. The summed E-state index contributed by atoms with van der Waals surface area (Å²) >= 11 is 0. The van der Waals surface area contributed by atoms with Crippen LogP contribution in [0.5, 0.6) is 0 Å². The minimum Gasteiger partial charge on any atom is -0.474 e. The van der Waals surface area contributed by atoms with Crippen molar-refractivity contribution in [2.75, 3.05) is 0 Å². The molecule has 0 radical (unpaired) electrons. The summed E-state index contributed by atoms with van der Waals surface area (Å²) in [5.41, 5.74) is 0. The average Bonchev–Trinajstić information content (AvgIpc) is 2.69. The normalized spacial score (nSPS) is 29.0. The summed E-state index contributed by atoms with van der Waals surface area (Å²) in [6.45, 7) is 6.51. The molecule has 66 valence electrons. The van der Waals surface area contributed by atoms with Crippen molar-refractivity contribution in [1.29, 1.82) is 0 Å². The van der Waals surface area contributed by atoms with Gasteiger partial charge in [0, 0.05) is 0 Å². The Hall–Kier alpha value is -0.980. The molecule has 0 N–H and O–H groups in total. The first-order valence-corrected chi connectivity index (χ1v) is 4.42. The van der Waals surface area contributed by atoms with Crippen LogP contribution in [0, 0.1) is 11.8 Å². The topological polar surface area (TPSA) is 9.23 Å². The molecule has 12 heavy (non-hydrogen) atoms. The Balaban J connectivity index is 0.000000130. The van der Waals surface area contributed by atoms with E-state index in [4.69, 9.17) is 0 Å². The Morgan fingerprint density at radius 3 is 1.67 bits per heavy atom. The van der Waals surface area contributed by atoms with E-state index in [0.717, 1.165) is 11.8 Å². The van der Waals surface area contributed by atoms with E-state index in [9.17, 15) is 0 Å². The summed E-state index contributed by atoms with van der Waals surface area (Å²) in [6.07, 6.45) is 11.8. The molecule has 0 aliphatic heterocycles. The van der Waals surface area contributed by atoms with Gasteiger partial charge in [-0.15, -0.1) is 0 Å². The fourth-order valence-corrected chi connectivity index (χ4v) is 1.78. The lowest BCUT2D eigenvalue weighted by molar-refractivity contribution is 0.406. The lowest BCUT2D eigenvalue weighted by Crippen LogP contribution is -1.82. The molecule has 0 heterocycles. The monoisotopic (exact) mass is 164 g/mol. The second-order valence-electron chi connectivity index (χ2n) is 3.19. The number of rotatable bonds is 2. The predicted molar refractivity (Wildman–Crippen MR) is 51.5 cm³/mol. The van der Waals surface area contributed by atoms with Gasteiger partial charge in [-0.1, -0.05) is 25.3 Å². The quantitative estimate of drug-likeness (QED) is 0.449. The predicted octanol–water partition coefficient (Wildman–Crippen LogP) is 3.26. The van der Waals surface area contributed by atoms with Gasteiger partial charge in [0.05, 0.1) is 12.5 Å². The van der Waals surface area contributed by atoms with Crippen LogP contribution in [0.15, 0.2) is 37.8 Å². The Morgan fingerprint density at radius 1 is 1.08 bits per heavy atom. The molecule has 2 rings (SSSR count). The summed E-state index contributed by atoms with van der Waals surface area (Å²) in [4.78, 5) is 0. The van der Waals surface area contributed by atoms with Gasteiger partial charge in [-0.2, -0.15) is 0 Å². The lowest BCUT2D eigenvalue weighted by Gasteiger charge is -1.96. The van der Waals surface area contributed by atoms with E-state index >= 15 is 0 Å². The van der Waals surface area contributed by atoms with E-state index in [2.05, 4.69) is 30.0 Å². The van der Waals surface area contributed by atoms with Crippen LogP contribution in [0.1, 0.15) is 19.3 Å². The van der Waals surface area contributed by atoms with Crippen molar-refractivity contribution in [2.24, 2.45) is 11.8 Å². The van der Waals surface area contributed by atoms with Crippen molar-refractivity contribution in [3.05, 3.63) is 37.8 Å². The van der Waals surface area contributed by atoms with Crippen LogP contribution < -0.4 is 0 Å². The highest BCUT2D eigenvalue weighted by Gasteiger charge is 2.25. The molecule has 1 heteroatoms. The minimum atomic E-state index is 0.991. The third kappa shape index (κ3) is 2.57. The first kappa shape index (κ1) is 9.11. The first-order chi connectivity index (χ1) is 5.86. The highest BCUT2D eigenvalue weighted by atomic mass is 16.5. The van der Waals surface area contributed by atoms with Gasteiger partial charge in [-0.25, -0.2) is 0 Å². The molecule has 2 unspecified atom stereocenters. The summed E-state index contributed by atoms with van der Waals surface area (Å²) in [5.74, 6) is 1.98. The van der Waals surface area contributed by atoms with Gasteiger partial charge in [0.2, 0.25) is 0 Å². The fraction of sp³-hybridized carbons (Fsp3) is 0.455. The van der Waals surface area contributed by atoms with Crippen molar-refractivity contribution in [3.63, 3.8) is 0 Å². The number of hydrogen-bond acceptors (Lipinski definition) is 1. The fourth-order valence-electron chi connectivity index (χ4n) is 1.78. The maximum atomic E-state index is 4.36. The summed E-state index contributed by atoms with van der Waals surface area (Å²) in [5, 5.41) is 0. The number of ether oxygens (including phenoxy) is 1. The standard InChI is InChI=1S/C7H10.C4H6O/c1-2-7-4-3-6(1)5-7;1-3-5-4-2/h1-2,6-7H,3-5H2;3-4H,1-2H2. The third-order valence-corrected chi connectivity index (χ3v) is 2.36. The molecule has 1 nitrogen and oxygen atoms in total. The van der Waals surface area contributed by atoms with Crippen LogP contribution in [0.2, 0.25) is 0 Å². The van der Waals surface area contributed by atoms with Crippen LogP contribution in [0.25, 0.3) is 0 Å². The average molecular weight is 164 g/mol. The Bertz CT molecular complexity index is 163. The van der Waals surface area contributed by atoms with Gasteiger partial charge in [0.15, 0.2) is 0 Å². The molecule has 2 aliphatic carbocycles. The van der Waals surface area contributed by atoms with Gasteiger partial charge in [0.25, 0.3) is 0 Å². The van der Waals surface area contributed by atoms with E-state index in [1.165, 1.54) is 31.8 Å². The zero-order valence-electron chi connectivity index (χ0n) is 7.41. The van der Waals surface area contributed by atoms with Gasteiger partial charge >= 0.3 is 0 Å². The van der Waals surface area contributed by atoms with Crippen LogP contribution in [-0.2, 0) is 4.74 Å². The molecule has 0 spiro atoms.